The maximum Gasteiger partial charge on any atom is 0.142 e. The van der Waals surface area contributed by atoms with Gasteiger partial charge in [0.2, 0.25) is 0 Å². The molecule has 0 fully saturated rings. The number of carbonyl (C=O) groups excluding carboxylic acids is 1. The van der Waals surface area contributed by atoms with E-state index in [2.05, 4.69) is 4.98 Å². The molecule has 0 radical (unpaired) electrons. The van der Waals surface area contributed by atoms with E-state index in [1.807, 2.05) is 6.07 Å². The first-order valence-corrected chi connectivity index (χ1v) is 3.87. The smallest absolute Gasteiger partial charge is 0.142 e. The van der Waals surface area contributed by atoms with Gasteiger partial charge in [-0.05, 0) is 11.6 Å². The zero-order valence-corrected chi connectivity index (χ0v) is 7.32. The van der Waals surface area contributed by atoms with Gasteiger partial charge in [0.15, 0.2) is 0 Å². The molecule has 0 aromatic carbocycles. The summed E-state index contributed by atoms with van der Waals surface area (Å²) in [5.41, 5.74) is 6.08. The predicted octanol–water partition coefficient (Wildman–Crippen LogP) is 1.01. The second-order valence-corrected chi connectivity index (χ2v) is 2.82. The van der Waals surface area contributed by atoms with E-state index >= 15 is 0 Å². The first-order valence-electron chi connectivity index (χ1n) is 3.44. The largest absolute Gasteiger partial charge is 0.383 e. The number of aldehydes is 1. The molecule has 0 aliphatic carbocycles. The number of rotatable bonds is 2. The van der Waals surface area contributed by atoms with Crippen molar-refractivity contribution >= 4 is 23.7 Å². The van der Waals surface area contributed by atoms with Crippen LogP contribution in [-0.2, 0) is 4.79 Å². The van der Waals surface area contributed by atoms with Crippen molar-refractivity contribution in [3.05, 3.63) is 23.4 Å². The number of carbonyl (C=O) groups is 1. The van der Waals surface area contributed by atoms with Crippen LogP contribution in [0.15, 0.2) is 12.3 Å². The molecule has 0 saturated heterocycles. The Labute approximate surface area is 79.9 Å². The number of nitrogens with two attached hydrogens (primary N) is 1. The summed E-state index contributed by atoms with van der Waals surface area (Å²) in [6.45, 7) is 0. The van der Waals surface area contributed by atoms with Crippen molar-refractivity contribution in [2.75, 3.05) is 5.73 Å². The molecule has 4 nitrogen and oxygen atoms in total. The fourth-order valence-corrected chi connectivity index (χ4v) is 0.930. The van der Waals surface area contributed by atoms with Gasteiger partial charge in [-0.15, -0.1) is 11.6 Å². The lowest BCUT2D eigenvalue weighted by Gasteiger charge is -2.02. The quantitative estimate of drug-likeness (QED) is 0.564. The Balaban J connectivity index is 3.15. The Hall–Kier alpha value is -1.60. The highest BCUT2D eigenvalue weighted by Crippen LogP contribution is 2.19. The van der Waals surface area contributed by atoms with Crippen LogP contribution in [0.2, 0.25) is 0 Å². The SMILES string of the molecule is N#Cc1cc(C(Cl)C=O)cnc1N. The van der Waals surface area contributed by atoms with Crippen LogP contribution in [-0.4, -0.2) is 11.3 Å². The van der Waals surface area contributed by atoms with Crippen LogP contribution in [0.4, 0.5) is 5.82 Å². The van der Waals surface area contributed by atoms with E-state index in [-0.39, 0.29) is 11.4 Å². The van der Waals surface area contributed by atoms with Crippen LogP contribution in [0.1, 0.15) is 16.5 Å². The minimum Gasteiger partial charge on any atom is -0.383 e. The Morgan fingerprint density at radius 3 is 3.00 bits per heavy atom. The lowest BCUT2D eigenvalue weighted by Crippen LogP contribution is -1.99. The van der Waals surface area contributed by atoms with Gasteiger partial charge in [0.1, 0.15) is 23.6 Å². The minimum absolute atomic E-state index is 0.140. The van der Waals surface area contributed by atoms with Crippen LogP contribution in [0.3, 0.4) is 0 Å². The lowest BCUT2D eigenvalue weighted by atomic mass is 10.1. The average Bonchev–Trinajstić information content (AvgIpc) is 2.17. The van der Waals surface area contributed by atoms with Crippen LogP contribution in [0.25, 0.3) is 0 Å². The van der Waals surface area contributed by atoms with E-state index in [0.29, 0.717) is 11.8 Å². The molecule has 1 aromatic rings. The lowest BCUT2D eigenvalue weighted by molar-refractivity contribution is -0.107. The molecule has 0 saturated carbocycles. The maximum atomic E-state index is 10.3. The zero-order valence-electron chi connectivity index (χ0n) is 6.57. The van der Waals surface area contributed by atoms with Gasteiger partial charge in [-0.2, -0.15) is 5.26 Å². The first-order chi connectivity index (χ1) is 6.19. The molecule has 1 atom stereocenters. The van der Waals surface area contributed by atoms with Crippen molar-refractivity contribution < 1.29 is 4.79 Å². The van der Waals surface area contributed by atoms with Crippen LogP contribution < -0.4 is 5.73 Å². The summed E-state index contributed by atoms with van der Waals surface area (Å²) in [5.74, 6) is 0.140. The van der Waals surface area contributed by atoms with Gasteiger partial charge < -0.3 is 10.5 Å². The van der Waals surface area contributed by atoms with Gasteiger partial charge in [0.25, 0.3) is 0 Å². The summed E-state index contributed by atoms with van der Waals surface area (Å²) in [5, 5.41) is 7.82. The Bertz CT molecular complexity index is 372. The van der Waals surface area contributed by atoms with Crippen LogP contribution in [0.5, 0.6) is 0 Å². The highest BCUT2D eigenvalue weighted by atomic mass is 35.5. The number of pyridine rings is 1. The maximum absolute atomic E-state index is 10.3. The first kappa shape index (κ1) is 9.49. The summed E-state index contributed by atoms with van der Waals surface area (Å²) in [6, 6.07) is 3.31. The Morgan fingerprint density at radius 1 is 1.77 bits per heavy atom. The van der Waals surface area contributed by atoms with Crippen molar-refractivity contribution in [3.63, 3.8) is 0 Å². The summed E-state index contributed by atoms with van der Waals surface area (Å²) >= 11 is 5.61. The number of nitrogen functional groups attached to an aromatic ring is 1. The van der Waals surface area contributed by atoms with Gasteiger partial charge in [0.05, 0.1) is 5.56 Å². The van der Waals surface area contributed by atoms with Crippen molar-refractivity contribution in [1.82, 2.24) is 4.98 Å². The summed E-state index contributed by atoms with van der Waals surface area (Å²) < 4.78 is 0. The van der Waals surface area contributed by atoms with Gasteiger partial charge in [-0.3, -0.25) is 0 Å². The third-order valence-electron chi connectivity index (χ3n) is 1.50. The van der Waals surface area contributed by atoms with E-state index in [1.165, 1.54) is 12.3 Å². The number of nitriles is 1. The molecule has 13 heavy (non-hydrogen) atoms. The molecule has 0 aliphatic heterocycles. The van der Waals surface area contributed by atoms with Gasteiger partial charge >= 0.3 is 0 Å². The molecule has 1 unspecified atom stereocenters. The highest BCUT2D eigenvalue weighted by Gasteiger charge is 2.09. The van der Waals surface area contributed by atoms with E-state index in [9.17, 15) is 4.79 Å². The monoisotopic (exact) mass is 195 g/mol. The molecular weight excluding hydrogens is 190 g/mol. The third kappa shape index (κ3) is 1.95. The van der Waals surface area contributed by atoms with E-state index in [4.69, 9.17) is 22.6 Å². The van der Waals surface area contributed by atoms with E-state index in [1.54, 1.807) is 0 Å². The molecule has 1 rings (SSSR count). The summed E-state index contributed by atoms with van der Waals surface area (Å²) in [7, 11) is 0. The molecule has 2 N–H and O–H groups in total. The fraction of sp³-hybridized carbons (Fsp3) is 0.125. The molecule has 0 spiro atoms. The Morgan fingerprint density at radius 2 is 2.46 bits per heavy atom. The van der Waals surface area contributed by atoms with Crippen molar-refractivity contribution in [2.24, 2.45) is 0 Å². The molecule has 1 heterocycles. The average molecular weight is 196 g/mol. The topological polar surface area (TPSA) is 79.8 Å². The Kier molecular flexibility index (Phi) is 2.83. The number of hydrogen-bond donors (Lipinski definition) is 1. The fourth-order valence-electron chi connectivity index (χ4n) is 0.810. The molecule has 0 aliphatic rings. The number of nitrogens with zero attached hydrogens (tertiary/aromatic N) is 2. The number of hydrogen-bond acceptors (Lipinski definition) is 4. The molecule has 5 heteroatoms. The summed E-state index contributed by atoms with van der Waals surface area (Å²) in [4.78, 5) is 14.0. The number of halogens is 1. The third-order valence-corrected chi connectivity index (χ3v) is 1.85. The molecule has 0 bridgehead atoms. The molecular formula is C8H6ClN3O. The molecule has 0 amide bonds. The standard InChI is InChI=1S/C8H6ClN3O/c9-7(4-13)6-1-5(2-10)8(11)12-3-6/h1,3-4,7H,(H2,11,12). The van der Waals surface area contributed by atoms with Crippen molar-refractivity contribution in [2.45, 2.75) is 5.38 Å². The van der Waals surface area contributed by atoms with Crippen molar-refractivity contribution in [1.29, 1.82) is 5.26 Å². The zero-order chi connectivity index (χ0) is 9.84. The predicted molar refractivity (Wildman–Crippen MR) is 48.0 cm³/mol. The van der Waals surface area contributed by atoms with Crippen LogP contribution in [0, 0.1) is 11.3 Å². The van der Waals surface area contributed by atoms with Gasteiger partial charge in [0, 0.05) is 6.20 Å². The van der Waals surface area contributed by atoms with E-state index in [0.717, 1.165) is 0 Å². The second kappa shape index (κ2) is 3.87. The van der Waals surface area contributed by atoms with Crippen LogP contribution >= 0.6 is 11.6 Å². The number of aromatic nitrogens is 1. The van der Waals surface area contributed by atoms with Gasteiger partial charge in [-0.1, -0.05) is 0 Å². The molecule has 1 aromatic heterocycles. The van der Waals surface area contributed by atoms with Gasteiger partial charge in [-0.25, -0.2) is 4.98 Å². The van der Waals surface area contributed by atoms with Crippen molar-refractivity contribution in [3.8, 4) is 6.07 Å². The minimum atomic E-state index is -0.778. The number of anilines is 1. The normalized spacial score (nSPS) is 11.7. The second-order valence-electron chi connectivity index (χ2n) is 2.35. The highest BCUT2D eigenvalue weighted by molar-refractivity contribution is 6.27. The van der Waals surface area contributed by atoms with E-state index < -0.39 is 5.38 Å². The summed E-state index contributed by atoms with van der Waals surface area (Å²) in [6.07, 6.45) is 1.94. The number of alkyl halides is 1. The molecule has 66 valence electrons.